The van der Waals surface area contributed by atoms with Gasteiger partial charge in [-0.25, -0.2) is 4.39 Å². The number of carbonyl (C=O) groups excluding carboxylic acids is 1. The van der Waals surface area contributed by atoms with Crippen LogP contribution in [0.15, 0.2) is 18.2 Å². The van der Waals surface area contributed by atoms with E-state index in [9.17, 15) is 9.18 Å². The minimum absolute atomic E-state index is 0.191. The number of nitrogens with one attached hydrogen (secondary N) is 1. The van der Waals surface area contributed by atoms with Crippen LogP contribution < -0.4 is 5.32 Å². The van der Waals surface area contributed by atoms with Crippen molar-refractivity contribution < 1.29 is 9.18 Å². The fourth-order valence-electron chi connectivity index (χ4n) is 2.72. The fraction of sp³-hybridized carbons (Fsp3) is 0.533. The Morgan fingerprint density at radius 1 is 1.50 bits per heavy atom. The van der Waals surface area contributed by atoms with E-state index >= 15 is 0 Å². The lowest BCUT2D eigenvalue weighted by molar-refractivity contribution is -0.124. The summed E-state index contributed by atoms with van der Waals surface area (Å²) in [4.78, 5) is 12.4. The van der Waals surface area contributed by atoms with Crippen LogP contribution in [0.5, 0.6) is 0 Å². The van der Waals surface area contributed by atoms with Crippen molar-refractivity contribution in [3.8, 4) is 0 Å². The summed E-state index contributed by atoms with van der Waals surface area (Å²) in [7, 11) is 0. The molecule has 0 radical (unpaired) electrons. The predicted octanol–water partition coefficient (Wildman–Crippen LogP) is 2.78. The molecule has 0 aromatic heterocycles. The molecule has 0 spiro atoms. The van der Waals surface area contributed by atoms with Crippen LogP contribution >= 0.6 is 0 Å². The van der Waals surface area contributed by atoms with E-state index in [2.05, 4.69) is 5.32 Å². The minimum atomic E-state index is -0.376. The van der Waals surface area contributed by atoms with E-state index in [4.69, 9.17) is 0 Å². The smallest absolute Gasteiger partial charge is 0.157 e. The lowest BCUT2D eigenvalue weighted by Gasteiger charge is -2.26. The quantitative estimate of drug-likeness (QED) is 0.889. The first kappa shape index (κ1) is 13.2. The molecule has 1 heterocycles. The van der Waals surface area contributed by atoms with Gasteiger partial charge in [0.25, 0.3) is 0 Å². The Balaban J connectivity index is 2.18. The molecule has 0 bridgehead atoms. The molecule has 1 atom stereocenters. The summed E-state index contributed by atoms with van der Waals surface area (Å²) in [6.45, 7) is 4.86. The Hall–Kier alpha value is -1.22. The molecule has 1 saturated heterocycles. The summed E-state index contributed by atoms with van der Waals surface area (Å²) in [5, 5.41) is 3.33. The number of carbonyl (C=O) groups is 1. The van der Waals surface area contributed by atoms with Gasteiger partial charge in [-0.3, -0.25) is 4.79 Å². The zero-order chi connectivity index (χ0) is 13.2. The number of aryl methyl sites for hydroxylation is 1. The molecule has 1 unspecified atom stereocenters. The number of hydrogen-bond donors (Lipinski definition) is 1. The second-order valence-electron chi connectivity index (χ2n) is 5.14. The van der Waals surface area contributed by atoms with E-state index in [1.165, 1.54) is 12.1 Å². The van der Waals surface area contributed by atoms with Crippen LogP contribution in [0.4, 0.5) is 4.39 Å². The molecule has 0 aliphatic carbocycles. The van der Waals surface area contributed by atoms with Crippen molar-refractivity contribution in [3.63, 3.8) is 0 Å². The van der Waals surface area contributed by atoms with Gasteiger partial charge in [0.15, 0.2) is 5.78 Å². The minimum Gasteiger partial charge on any atom is -0.305 e. The Bertz CT molecular complexity index is 450. The van der Waals surface area contributed by atoms with Gasteiger partial charge >= 0.3 is 0 Å². The number of halogens is 1. The third kappa shape index (κ3) is 2.46. The summed E-state index contributed by atoms with van der Waals surface area (Å²) in [5.41, 5.74) is 1.41. The summed E-state index contributed by atoms with van der Waals surface area (Å²) in [6, 6.07) is 4.65. The topological polar surface area (TPSA) is 29.1 Å². The Kier molecular flexibility index (Phi) is 3.81. The maximum absolute atomic E-state index is 13.2. The van der Waals surface area contributed by atoms with Crippen molar-refractivity contribution in [1.29, 1.82) is 0 Å². The van der Waals surface area contributed by atoms with Gasteiger partial charge in [-0.2, -0.15) is 0 Å². The van der Waals surface area contributed by atoms with Crippen molar-refractivity contribution in [2.45, 2.75) is 45.1 Å². The maximum atomic E-state index is 13.2. The highest BCUT2D eigenvalue weighted by molar-refractivity contribution is 5.90. The van der Waals surface area contributed by atoms with Crippen molar-refractivity contribution in [1.82, 2.24) is 5.32 Å². The van der Waals surface area contributed by atoms with Gasteiger partial charge in [-0.15, -0.1) is 0 Å². The number of rotatable bonds is 4. The molecule has 1 aliphatic heterocycles. The Morgan fingerprint density at radius 3 is 2.89 bits per heavy atom. The molecule has 2 nitrogen and oxygen atoms in total. The highest BCUT2D eigenvalue weighted by Crippen LogP contribution is 2.26. The SMILES string of the molecule is CCC1(C(=O)Cc2cc(F)ccc2C)CCCN1. The molecule has 1 aliphatic rings. The molecular formula is C15H20FNO. The van der Waals surface area contributed by atoms with E-state index < -0.39 is 0 Å². The Labute approximate surface area is 108 Å². The average Bonchev–Trinajstić information content (AvgIpc) is 2.84. The van der Waals surface area contributed by atoms with Gasteiger partial charge in [-0.1, -0.05) is 13.0 Å². The molecular weight excluding hydrogens is 229 g/mol. The molecule has 0 saturated carbocycles. The highest BCUT2D eigenvalue weighted by Gasteiger charge is 2.38. The predicted molar refractivity (Wildman–Crippen MR) is 70.1 cm³/mol. The third-order valence-electron chi connectivity index (χ3n) is 4.04. The van der Waals surface area contributed by atoms with Crippen LogP contribution in [0.25, 0.3) is 0 Å². The van der Waals surface area contributed by atoms with Gasteiger partial charge in [-0.05, 0) is 56.0 Å². The number of ketones is 1. The van der Waals surface area contributed by atoms with E-state index in [0.29, 0.717) is 6.42 Å². The first-order chi connectivity index (χ1) is 8.57. The normalized spacial score (nSPS) is 23.3. The van der Waals surface area contributed by atoms with Gasteiger partial charge in [0.05, 0.1) is 5.54 Å². The van der Waals surface area contributed by atoms with E-state index in [1.54, 1.807) is 6.07 Å². The third-order valence-corrected chi connectivity index (χ3v) is 4.04. The lowest BCUT2D eigenvalue weighted by atomic mass is 9.85. The summed E-state index contributed by atoms with van der Waals surface area (Å²) < 4.78 is 13.2. The van der Waals surface area contributed by atoms with Crippen molar-refractivity contribution in [2.75, 3.05) is 6.54 Å². The van der Waals surface area contributed by atoms with E-state index in [1.807, 2.05) is 13.8 Å². The summed E-state index contributed by atoms with van der Waals surface area (Å²) in [6.07, 6.45) is 3.07. The van der Waals surface area contributed by atoms with Gasteiger partial charge in [0.2, 0.25) is 0 Å². The van der Waals surface area contributed by atoms with Crippen LogP contribution in [0, 0.1) is 12.7 Å². The van der Waals surface area contributed by atoms with Crippen LogP contribution in [-0.4, -0.2) is 17.9 Å². The van der Waals surface area contributed by atoms with Gasteiger partial charge in [0, 0.05) is 6.42 Å². The van der Waals surface area contributed by atoms with Gasteiger partial charge in [0.1, 0.15) is 5.82 Å². The fourth-order valence-corrected chi connectivity index (χ4v) is 2.72. The molecule has 1 aromatic rings. The Morgan fingerprint density at radius 2 is 2.28 bits per heavy atom. The zero-order valence-electron chi connectivity index (χ0n) is 11.1. The summed E-state index contributed by atoms with van der Waals surface area (Å²) in [5.74, 6) is -0.0791. The van der Waals surface area contributed by atoms with Crippen LogP contribution in [0.2, 0.25) is 0 Å². The molecule has 18 heavy (non-hydrogen) atoms. The van der Waals surface area contributed by atoms with Crippen LogP contribution in [0.3, 0.4) is 0 Å². The van der Waals surface area contributed by atoms with Crippen molar-refractivity contribution in [3.05, 3.63) is 35.1 Å². The second kappa shape index (κ2) is 5.19. The first-order valence-corrected chi connectivity index (χ1v) is 6.61. The van der Waals surface area contributed by atoms with E-state index in [-0.39, 0.29) is 17.1 Å². The largest absolute Gasteiger partial charge is 0.305 e. The van der Waals surface area contributed by atoms with Crippen LogP contribution in [-0.2, 0) is 11.2 Å². The number of hydrogen-bond acceptors (Lipinski definition) is 2. The molecule has 0 amide bonds. The number of benzene rings is 1. The first-order valence-electron chi connectivity index (χ1n) is 6.61. The summed E-state index contributed by atoms with van der Waals surface area (Å²) >= 11 is 0. The molecule has 3 heteroatoms. The molecule has 98 valence electrons. The maximum Gasteiger partial charge on any atom is 0.157 e. The van der Waals surface area contributed by atoms with E-state index in [0.717, 1.165) is 36.9 Å². The molecule has 1 fully saturated rings. The lowest BCUT2D eigenvalue weighted by Crippen LogP contribution is -2.47. The molecule has 2 rings (SSSR count). The zero-order valence-corrected chi connectivity index (χ0v) is 11.1. The molecule has 1 aromatic carbocycles. The van der Waals surface area contributed by atoms with Gasteiger partial charge < -0.3 is 5.32 Å². The monoisotopic (exact) mass is 249 g/mol. The standard InChI is InChI=1S/C15H20FNO/c1-3-15(7-4-8-17-15)14(18)10-12-9-13(16)6-5-11(12)2/h5-6,9,17H,3-4,7-8,10H2,1-2H3. The molecule has 1 N–H and O–H groups in total. The highest BCUT2D eigenvalue weighted by atomic mass is 19.1. The second-order valence-corrected chi connectivity index (χ2v) is 5.14. The average molecular weight is 249 g/mol. The van der Waals surface area contributed by atoms with Crippen molar-refractivity contribution in [2.24, 2.45) is 0 Å². The number of Topliss-reactive ketones (excluding diaryl/α,β-unsaturated/α-hetero) is 1. The van der Waals surface area contributed by atoms with Crippen molar-refractivity contribution >= 4 is 5.78 Å². The van der Waals surface area contributed by atoms with Crippen LogP contribution in [0.1, 0.15) is 37.3 Å².